The molecule has 3 rings (SSSR count). The number of ether oxygens (including phenoxy) is 1. The van der Waals surface area contributed by atoms with Crippen LogP contribution in [-0.4, -0.2) is 29.0 Å². The smallest absolute Gasteiger partial charge is 0.280 e. The van der Waals surface area contributed by atoms with Crippen molar-refractivity contribution >= 4 is 11.6 Å². The highest BCUT2D eigenvalue weighted by molar-refractivity contribution is 6.06. The number of aromatic nitrogens is 2. The number of hydrogen-bond donors (Lipinski definition) is 0. The largest absolute Gasteiger partial charge is 0.474 e. The first-order chi connectivity index (χ1) is 9.68. The number of carbonyl (C=O) groups is 1. The molecule has 0 aliphatic carbocycles. The Bertz CT molecular complexity index is 636. The number of rotatable bonds is 2. The van der Waals surface area contributed by atoms with Gasteiger partial charge in [0.15, 0.2) is 12.1 Å². The lowest BCUT2D eigenvalue weighted by molar-refractivity contribution is 0.0969. The lowest BCUT2D eigenvalue weighted by Gasteiger charge is -2.28. The summed E-state index contributed by atoms with van der Waals surface area (Å²) in [4.78, 5) is 22.5. The van der Waals surface area contributed by atoms with Gasteiger partial charge in [-0.25, -0.2) is 9.97 Å². The lowest BCUT2D eigenvalue weighted by atomic mass is 10.1. The Kier molecular flexibility index (Phi) is 3.14. The van der Waals surface area contributed by atoms with Crippen molar-refractivity contribution in [1.29, 1.82) is 0 Å². The van der Waals surface area contributed by atoms with E-state index in [2.05, 4.69) is 9.97 Å². The number of anilines is 1. The lowest BCUT2D eigenvalue weighted by Crippen LogP contribution is -2.38. The molecule has 1 aliphatic heterocycles. The maximum Gasteiger partial charge on any atom is 0.280 e. The van der Waals surface area contributed by atoms with Crippen LogP contribution in [0.2, 0.25) is 0 Å². The number of fused-ring (bicyclic) bond motifs is 1. The van der Waals surface area contributed by atoms with E-state index in [4.69, 9.17) is 9.15 Å². The van der Waals surface area contributed by atoms with Crippen molar-refractivity contribution in [2.45, 2.75) is 19.8 Å². The predicted molar refractivity (Wildman–Crippen MR) is 72.0 cm³/mol. The van der Waals surface area contributed by atoms with Gasteiger partial charge in [0.05, 0.1) is 6.54 Å². The number of amides is 1. The van der Waals surface area contributed by atoms with Crippen LogP contribution in [0.15, 0.2) is 29.1 Å². The summed E-state index contributed by atoms with van der Waals surface area (Å²) >= 11 is 0. The minimum absolute atomic E-state index is 0.103. The molecule has 0 spiro atoms. The Morgan fingerprint density at radius 2 is 2.25 bits per heavy atom. The Hall–Kier alpha value is -2.37. The molecule has 1 amide bonds. The summed E-state index contributed by atoms with van der Waals surface area (Å²) in [6.45, 7) is 4.82. The van der Waals surface area contributed by atoms with Gasteiger partial charge in [0.2, 0.25) is 5.88 Å². The van der Waals surface area contributed by atoms with Gasteiger partial charge in [-0.3, -0.25) is 9.69 Å². The molecule has 1 aliphatic rings. The molecule has 6 heteroatoms. The summed E-state index contributed by atoms with van der Waals surface area (Å²) in [5, 5.41) is 0. The SMILES string of the molecule is CC(C)c1ocnc1C(=O)N1CCOc2ncccc21. The van der Waals surface area contributed by atoms with Gasteiger partial charge in [-0.2, -0.15) is 0 Å². The molecule has 0 fully saturated rings. The van der Waals surface area contributed by atoms with E-state index < -0.39 is 0 Å². The highest BCUT2D eigenvalue weighted by Crippen LogP contribution is 2.30. The first kappa shape index (κ1) is 12.7. The van der Waals surface area contributed by atoms with Crippen molar-refractivity contribution < 1.29 is 13.9 Å². The molecule has 6 nitrogen and oxygen atoms in total. The fraction of sp³-hybridized carbons (Fsp3) is 0.357. The molecule has 2 aromatic rings. The van der Waals surface area contributed by atoms with Gasteiger partial charge in [0, 0.05) is 12.1 Å². The first-order valence-corrected chi connectivity index (χ1v) is 6.51. The Balaban J connectivity index is 1.98. The van der Waals surface area contributed by atoms with Crippen LogP contribution in [0.3, 0.4) is 0 Å². The Morgan fingerprint density at radius 3 is 3.05 bits per heavy atom. The van der Waals surface area contributed by atoms with Gasteiger partial charge in [-0.1, -0.05) is 13.8 Å². The van der Waals surface area contributed by atoms with E-state index in [9.17, 15) is 4.79 Å². The van der Waals surface area contributed by atoms with Crippen molar-refractivity contribution in [3.8, 4) is 5.88 Å². The molecule has 104 valence electrons. The van der Waals surface area contributed by atoms with Crippen LogP contribution in [0, 0.1) is 0 Å². The van der Waals surface area contributed by atoms with E-state index in [0.29, 0.717) is 36.2 Å². The van der Waals surface area contributed by atoms with Crippen LogP contribution >= 0.6 is 0 Å². The zero-order chi connectivity index (χ0) is 14.1. The fourth-order valence-corrected chi connectivity index (χ4v) is 2.22. The summed E-state index contributed by atoms with van der Waals surface area (Å²) in [6.07, 6.45) is 2.95. The number of hydrogen-bond acceptors (Lipinski definition) is 5. The summed E-state index contributed by atoms with van der Waals surface area (Å²) in [5.41, 5.74) is 1.03. The van der Waals surface area contributed by atoms with Gasteiger partial charge >= 0.3 is 0 Å². The summed E-state index contributed by atoms with van der Waals surface area (Å²) in [6, 6.07) is 3.59. The second-order valence-electron chi connectivity index (χ2n) is 4.85. The van der Waals surface area contributed by atoms with Crippen LogP contribution in [0.1, 0.15) is 36.0 Å². The molecular weight excluding hydrogens is 258 g/mol. The molecule has 0 atom stereocenters. The van der Waals surface area contributed by atoms with E-state index in [1.165, 1.54) is 6.39 Å². The number of pyridine rings is 1. The van der Waals surface area contributed by atoms with Gasteiger partial charge in [0.25, 0.3) is 5.91 Å². The molecule has 0 radical (unpaired) electrons. The van der Waals surface area contributed by atoms with Crippen LogP contribution in [0.4, 0.5) is 5.69 Å². The predicted octanol–water partition coefficient (Wildman–Crippen LogP) is 2.23. The summed E-state index contributed by atoms with van der Waals surface area (Å²) in [7, 11) is 0. The third-order valence-electron chi connectivity index (χ3n) is 3.16. The maximum absolute atomic E-state index is 12.7. The second-order valence-corrected chi connectivity index (χ2v) is 4.85. The second kappa shape index (κ2) is 4.96. The number of nitrogens with zero attached hydrogens (tertiary/aromatic N) is 3. The third-order valence-corrected chi connectivity index (χ3v) is 3.16. The van der Waals surface area contributed by atoms with E-state index in [1.807, 2.05) is 19.9 Å². The van der Waals surface area contributed by atoms with Gasteiger partial charge in [-0.15, -0.1) is 0 Å². The highest BCUT2D eigenvalue weighted by Gasteiger charge is 2.29. The zero-order valence-corrected chi connectivity index (χ0v) is 11.4. The summed E-state index contributed by atoms with van der Waals surface area (Å²) in [5.74, 6) is 1.000. The van der Waals surface area contributed by atoms with E-state index >= 15 is 0 Å². The van der Waals surface area contributed by atoms with Crippen LogP contribution in [-0.2, 0) is 0 Å². The third kappa shape index (κ3) is 2.03. The first-order valence-electron chi connectivity index (χ1n) is 6.51. The van der Waals surface area contributed by atoms with Crippen molar-refractivity contribution in [1.82, 2.24) is 9.97 Å². The molecule has 0 saturated carbocycles. The average molecular weight is 273 g/mol. The summed E-state index contributed by atoms with van der Waals surface area (Å²) < 4.78 is 10.8. The molecule has 3 heterocycles. The number of oxazole rings is 1. The molecule has 0 bridgehead atoms. The Labute approximate surface area is 116 Å². The van der Waals surface area contributed by atoms with Gasteiger partial charge in [-0.05, 0) is 12.1 Å². The Morgan fingerprint density at radius 1 is 1.40 bits per heavy atom. The standard InChI is InChI=1S/C14H15N3O3/c1-9(2)12-11(16-8-20-12)14(18)17-6-7-19-13-10(17)4-3-5-15-13/h3-5,8-9H,6-7H2,1-2H3. The maximum atomic E-state index is 12.7. The molecule has 0 saturated heterocycles. The van der Waals surface area contributed by atoms with E-state index in [1.54, 1.807) is 17.2 Å². The van der Waals surface area contributed by atoms with Crippen LogP contribution in [0.25, 0.3) is 0 Å². The quantitative estimate of drug-likeness (QED) is 0.839. The fourth-order valence-electron chi connectivity index (χ4n) is 2.22. The van der Waals surface area contributed by atoms with Crippen molar-refractivity contribution in [2.75, 3.05) is 18.1 Å². The molecule has 20 heavy (non-hydrogen) atoms. The van der Waals surface area contributed by atoms with Crippen molar-refractivity contribution in [3.05, 3.63) is 36.2 Å². The number of carbonyl (C=O) groups excluding carboxylic acids is 1. The monoisotopic (exact) mass is 273 g/mol. The molecule has 2 aromatic heterocycles. The van der Waals surface area contributed by atoms with Gasteiger partial charge in [0.1, 0.15) is 18.1 Å². The van der Waals surface area contributed by atoms with Crippen molar-refractivity contribution in [3.63, 3.8) is 0 Å². The molecular formula is C14H15N3O3. The van der Waals surface area contributed by atoms with Gasteiger partial charge < -0.3 is 9.15 Å². The minimum Gasteiger partial charge on any atom is -0.474 e. The normalized spacial score (nSPS) is 14.1. The topological polar surface area (TPSA) is 68.5 Å². The van der Waals surface area contributed by atoms with E-state index in [0.717, 1.165) is 0 Å². The van der Waals surface area contributed by atoms with Crippen LogP contribution < -0.4 is 9.64 Å². The minimum atomic E-state index is -0.181. The molecule has 0 aromatic carbocycles. The van der Waals surface area contributed by atoms with Crippen molar-refractivity contribution in [2.24, 2.45) is 0 Å². The zero-order valence-electron chi connectivity index (χ0n) is 11.4. The highest BCUT2D eigenvalue weighted by atomic mass is 16.5. The molecule has 0 unspecified atom stereocenters. The average Bonchev–Trinajstić information content (AvgIpc) is 2.95. The molecule has 0 N–H and O–H groups in total. The van der Waals surface area contributed by atoms with E-state index in [-0.39, 0.29) is 11.8 Å². The van der Waals surface area contributed by atoms with Crippen LogP contribution in [0.5, 0.6) is 5.88 Å².